The highest BCUT2D eigenvalue weighted by atomic mass is 16.2. The molecule has 192 valence electrons. The third-order valence-corrected chi connectivity index (χ3v) is 9.14. The summed E-state index contributed by atoms with van der Waals surface area (Å²) in [6, 6.07) is 15.0. The van der Waals surface area contributed by atoms with Crippen LogP contribution in [-0.2, 0) is 17.6 Å². The first-order valence-electron chi connectivity index (χ1n) is 13.9. The van der Waals surface area contributed by atoms with E-state index in [1.807, 2.05) is 12.3 Å². The molecule has 1 amide bonds. The van der Waals surface area contributed by atoms with E-state index in [1.54, 1.807) is 12.3 Å². The maximum Gasteiger partial charge on any atom is 0.228 e. The van der Waals surface area contributed by atoms with Crippen LogP contribution >= 0.6 is 0 Å². The van der Waals surface area contributed by atoms with Gasteiger partial charge in [-0.2, -0.15) is 5.26 Å². The van der Waals surface area contributed by atoms with Gasteiger partial charge in [0, 0.05) is 55.9 Å². The van der Waals surface area contributed by atoms with Crippen molar-refractivity contribution in [1.82, 2.24) is 24.8 Å². The van der Waals surface area contributed by atoms with Gasteiger partial charge in [-0.3, -0.25) is 14.7 Å². The Morgan fingerprint density at radius 2 is 1.89 bits per heavy atom. The highest BCUT2D eigenvalue weighted by molar-refractivity contribution is 5.78. The number of hydrogen-bond acceptors (Lipinski definition) is 6. The Bertz CT molecular complexity index is 1410. The number of aromatic nitrogens is 3. The van der Waals surface area contributed by atoms with E-state index in [4.69, 9.17) is 5.26 Å². The quantitative estimate of drug-likeness (QED) is 0.511. The van der Waals surface area contributed by atoms with Crippen LogP contribution in [0.3, 0.4) is 0 Å². The molecule has 3 aromatic rings. The molecule has 2 aliphatic heterocycles. The monoisotopic (exact) mass is 504 g/mol. The molecule has 4 aliphatic rings. The van der Waals surface area contributed by atoms with Crippen LogP contribution in [0, 0.1) is 16.7 Å². The lowest BCUT2D eigenvalue weighted by Crippen LogP contribution is -2.61. The van der Waals surface area contributed by atoms with Crippen molar-refractivity contribution in [2.45, 2.75) is 56.9 Å². The molecule has 38 heavy (non-hydrogen) atoms. The van der Waals surface area contributed by atoms with Crippen LogP contribution in [0.2, 0.25) is 0 Å². The van der Waals surface area contributed by atoms with Gasteiger partial charge in [0.25, 0.3) is 0 Å². The molecule has 0 N–H and O–H groups in total. The fourth-order valence-electron chi connectivity index (χ4n) is 6.72. The van der Waals surface area contributed by atoms with Crippen molar-refractivity contribution in [2.24, 2.45) is 5.41 Å². The third kappa shape index (κ3) is 4.37. The zero-order chi connectivity index (χ0) is 25.7. The zero-order valence-electron chi connectivity index (χ0n) is 21.6. The summed E-state index contributed by atoms with van der Waals surface area (Å²) >= 11 is 0. The molecule has 2 aliphatic carbocycles. The summed E-state index contributed by atoms with van der Waals surface area (Å²) in [4.78, 5) is 30.9. The normalized spacial score (nSPS) is 22.1. The molecule has 7 heteroatoms. The second kappa shape index (κ2) is 9.28. The topological polar surface area (TPSA) is 86.0 Å². The Kier molecular flexibility index (Phi) is 5.74. The molecular weight excluding hydrogens is 472 g/mol. The Morgan fingerprint density at radius 1 is 1.05 bits per heavy atom. The van der Waals surface area contributed by atoms with Crippen molar-refractivity contribution in [3.63, 3.8) is 0 Å². The van der Waals surface area contributed by atoms with Crippen LogP contribution < -0.4 is 0 Å². The maximum absolute atomic E-state index is 12.9. The minimum atomic E-state index is 0.215. The van der Waals surface area contributed by atoms with Crippen molar-refractivity contribution in [2.75, 3.05) is 26.2 Å². The molecule has 3 fully saturated rings. The summed E-state index contributed by atoms with van der Waals surface area (Å²) < 4.78 is 0. The minimum Gasteiger partial charge on any atom is -0.342 e. The van der Waals surface area contributed by atoms with Gasteiger partial charge in [-0.25, -0.2) is 9.97 Å². The maximum atomic E-state index is 12.9. The average molecular weight is 505 g/mol. The molecule has 0 bridgehead atoms. The first-order valence-corrected chi connectivity index (χ1v) is 13.9. The van der Waals surface area contributed by atoms with Crippen LogP contribution in [0.5, 0.6) is 0 Å². The number of amides is 1. The second-order valence-corrected chi connectivity index (χ2v) is 11.7. The number of carbonyl (C=O) groups is 1. The highest BCUT2D eigenvalue weighted by Gasteiger charge is 2.48. The van der Waals surface area contributed by atoms with Crippen LogP contribution in [0.4, 0.5) is 0 Å². The molecule has 1 spiro atoms. The standard InChI is InChI=1S/C31H32N6O/c32-17-26-9-12-33-30(35-26)23-4-7-27-22(15-23)5-8-28(27)37-19-31(20-37)10-13-36(14-11-31)29(38)16-25-6-3-24(18-34-25)21-1-2-21/h3-4,6-7,9,12,15,18,21,28H,1-2,5,8,10-11,13-14,16,19-20H2. The number of rotatable bonds is 5. The van der Waals surface area contributed by atoms with E-state index in [2.05, 4.69) is 55.1 Å². The summed E-state index contributed by atoms with van der Waals surface area (Å²) in [7, 11) is 0. The van der Waals surface area contributed by atoms with E-state index in [1.165, 1.54) is 29.5 Å². The molecule has 2 saturated heterocycles. The number of benzene rings is 1. The number of fused-ring (bicyclic) bond motifs is 1. The molecule has 1 aromatic carbocycles. The van der Waals surface area contributed by atoms with E-state index in [0.717, 1.165) is 63.1 Å². The smallest absolute Gasteiger partial charge is 0.228 e. The molecule has 4 heterocycles. The molecule has 7 rings (SSSR count). The zero-order valence-corrected chi connectivity index (χ0v) is 21.6. The van der Waals surface area contributed by atoms with Gasteiger partial charge in [0.1, 0.15) is 11.8 Å². The van der Waals surface area contributed by atoms with E-state index in [0.29, 0.717) is 35.3 Å². The summed E-state index contributed by atoms with van der Waals surface area (Å²) in [6.07, 6.45) is 11.0. The second-order valence-electron chi connectivity index (χ2n) is 11.7. The number of nitriles is 1. The predicted octanol–water partition coefficient (Wildman–Crippen LogP) is 4.44. The Balaban J connectivity index is 0.938. The molecule has 7 nitrogen and oxygen atoms in total. The summed E-state index contributed by atoms with van der Waals surface area (Å²) in [5, 5.41) is 9.16. The Labute approximate surface area is 223 Å². The molecule has 1 atom stereocenters. The third-order valence-electron chi connectivity index (χ3n) is 9.14. The molecule has 1 saturated carbocycles. The van der Waals surface area contributed by atoms with Gasteiger partial charge in [0.15, 0.2) is 5.82 Å². The van der Waals surface area contributed by atoms with Crippen molar-refractivity contribution >= 4 is 5.91 Å². The summed E-state index contributed by atoms with van der Waals surface area (Å²) in [5.41, 5.74) is 6.74. The van der Waals surface area contributed by atoms with Crippen molar-refractivity contribution in [1.29, 1.82) is 5.26 Å². The number of aryl methyl sites for hydroxylation is 1. The van der Waals surface area contributed by atoms with Crippen molar-refractivity contribution in [3.8, 4) is 17.5 Å². The van der Waals surface area contributed by atoms with Gasteiger partial charge in [-0.1, -0.05) is 18.2 Å². The van der Waals surface area contributed by atoms with E-state index in [9.17, 15) is 4.79 Å². The Hall–Kier alpha value is -3.63. The fourth-order valence-corrected chi connectivity index (χ4v) is 6.72. The number of pyridine rings is 1. The first kappa shape index (κ1) is 23.5. The van der Waals surface area contributed by atoms with Gasteiger partial charge >= 0.3 is 0 Å². The minimum absolute atomic E-state index is 0.215. The summed E-state index contributed by atoms with van der Waals surface area (Å²) in [6.45, 7) is 3.97. The van der Waals surface area contributed by atoms with Gasteiger partial charge in [0.05, 0.1) is 6.42 Å². The van der Waals surface area contributed by atoms with Gasteiger partial charge in [-0.15, -0.1) is 0 Å². The average Bonchev–Trinajstić information content (AvgIpc) is 3.71. The van der Waals surface area contributed by atoms with Crippen molar-refractivity contribution < 1.29 is 4.79 Å². The molecular formula is C31H32N6O. The molecule has 2 aromatic heterocycles. The molecule has 0 radical (unpaired) electrons. The van der Waals surface area contributed by atoms with Gasteiger partial charge < -0.3 is 4.90 Å². The van der Waals surface area contributed by atoms with E-state index < -0.39 is 0 Å². The summed E-state index contributed by atoms with van der Waals surface area (Å²) in [5.74, 6) is 1.53. The highest BCUT2D eigenvalue weighted by Crippen LogP contribution is 2.48. The van der Waals surface area contributed by atoms with Crippen LogP contribution in [-0.4, -0.2) is 56.8 Å². The van der Waals surface area contributed by atoms with Crippen molar-refractivity contribution in [3.05, 3.63) is 76.9 Å². The number of carbonyl (C=O) groups excluding carboxylic acids is 1. The Morgan fingerprint density at radius 3 is 2.63 bits per heavy atom. The number of hydrogen-bond donors (Lipinski definition) is 0. The predicted molar refractivity (Wildman–Crippen MR) is 143 cm³/mol. The SMILES string of the molecule is N#Cc1ccnc(-c2ccc3c(c2)CCC3N2CC3(CCN(C(=O)Cc4ccc(C5CC5)cn4)CC3)C2)n1. The van der Waals surface area contributed by atoms with Gasteiger partial charge in [-0.05, 0) is 84.7 Å². The van der Waals surface area contributed by atoms with Crippen LogP contribution in [0.15, 0.2) is 48.8 Å². The lowest BCUT2D eigenvalue weighted by atomic mass is 9.71. The largest absolute Gasteiger partial charge is 0.342 e. The number of piperidine rings is 1. The number of likely N-dealkylation sites (tertiary alicyclic amines) is 2. The molecule has 1 unspecified atom stereocenters. The lowest BCUT2D eigenvalue weighted by molar-refractivity contribution is -0.136. The van der Waals surface area contributed by atoms with Crippen LogP contribution in [0.1, 0.15) is 72.1 Å². The van der Waals surface area contributed by atoms with E-state index in [-0.39, 0.29) is 5.91 Å². The fraction of sp³-hybridized carbons (Fsp3) is 0.452. The lowest BCUT2D eigenvalue weighted by Gasteiger charge is -2.56. The van der Waals surface area contributed by atoms with Gasteiger partial charge in [0.2, 0.25) is 5.91 Å². The van der Waals surface area contributed by atoms with E-state index >= 15 is 0 Å². The number of nitrogens with zero attached hydrogens (tertiary/aromatic N) is 6. The first-order chi connectivity index (χ1) is 18.6. The van der Waals surface area contributed by atoms with Crippen LogP contribution in [0.25, 0.3) is 11.4 Å².